The summed E-state index contributed by atoms with van der Waals surface area (Å²) in [7, 11) is 0. The summed E-state index contributed by atoms with van der Waals surface area (Å²) in [5.41, 5.74) is 0.0983. The maximum absolute atomic E-state index is 13.0. The van der Waals surface area contributed by atoms with Crippen LogP contribution in [0, 0.1) is 12.8 Å². The van der Waals surface area contributed by atoms with E-state index in [-0.39, 0.29) is 29.2 Å². The number of alkyl halides is 3. The summed E-state index contributed by atoms with van der Waals surface area (Å²) in [5, 5.41) is 7.08. The molecule has 0 radical (unpaired) electrons. The monoisotopic (exact) mass is 471 g/mol. The lowest BCUT2D eigenvalue weighted by atomic mass is 9.86. The second-order valence-corrected chi connectivity index (χ2v) is 8.37. The summed E-state index contributed by atoms with van der Waals surface area (Å²) in [6, 6.07) is 2.56. The number of nitrogens with one attached hydrogen (secondary N) is 1. The molecule has 0 unspecified atom stereocenters. The third kappa shape index (κ3) is 5.62. The zero-order valence-corrected chi connectivity index (χ0v) is 18.6. The molecule has 1 aromatic carbocycles. The predicted octanol–water partition coefficient (Wildman–Crippen LogP) is 5.03. The Morgan fingerprint density at radius 1 is 1.25 bits per heavy atom. The van der Waals surface area contributed by atoms with Crippen molar-refractivity contribution in [3.8, 4) is 0 Å². The lowest BCUT2D eigenvalue weighted by Gasteiger charge is -2.29. The summed E-state index contributed by atoms with van der Waals surface area (Å²) >= 11 is 5.96. The highest BCUT2D eigenvalue weighted by Gasteiger charge is 2.32. The molecule has 1 heterocycles. The molecule has 1 aliphatic rings. The molecule has 6 nitrogen and oxygen atoms in total. The van der Waals surface area contributed by atoms with E-state index in [2.05, 4.69) is 10.4 Å². The SMILES string of the molecule is CCOC(=O)c1c(C)cnn1CC1CCC(NC(=O)c2cc(C(F)(F)F)ccc2Cl)CC1. The molecule has 10 heteroatoms. The van der Waals surface area contributed by atoms with E-state index in [9.17, 15) is 22.8 Å². The minimum atomic E-state index is -4.55. The van der Waals surface area contributed by atoms with E-state index < -0.39 is 23.6 Å². The Morgan fingerprint density at radius 2 is 1.94 bits per heavy atom. The second kappa shape index (κ2) is 9.94. The fourth-order valence-corrected chi connectivity index (χ4v) is 4.16. The van der Waals surface area contributed by atoms with Crippen LogP contribution in [0.5, 0.6) is 0 Å². The molecule has 1 fully saturated rings. The minimum Gasteiger partial charge on any atom is -0.461 e. The maximum Gasteiger partial charge on any atom is 0.416 e. The van der Waals surface area contributed by atoms with Gasteiger partial charge in [-0.3, -0.25) is 9.48 Å². The number of hydrogen-bond donors (Lipinski definition) is 1. The van der Waals surface area contributed by atoms with E-state index >= 15 is 0 Å². The van der Waals surface area contributed by atoms with Crippen molar-refractivity contribution in [3.05, 3.63) is 51.8 Å². The van der Waals surface area contributed by atoms with Crippen molar-refractivity contribution < 1.29 is 27.5 Å². The molecular formula is C22H25ClF3N3O3. The minimum absolute atomic E-state index is 0.0234. The highest BCUT2D eigenvalue weighted by Crippen LogP contribution is 2.32. The number of halogens is 4. The molecule has 32 heavy (non-hydrogen) atoms. The fraction of sp³-hybridized carbons (Fsp3) is 0.500. The summed E-state index contributed by atoms with van der Waals surface area (Å²) in [6.45, 7) is 4.39. The molecule has 0 spiro atoms. The van der Waals surface area contributed by atoms with Crippen molar-refractivity contribution in [3.63, 3.8) is 0 Å². The zero-order valence-electron chi connectivity index (χ0n) is 17.8. The average Bonchev–Trinajstić information content (AvgIpc) is 3.09. The molecule has 0 atom stereocenters. The lowest BCUT2D eigenvalue weighted by Crippen LogP contribution is -2.38. The highest BCUT2D eigenvalue weighted by molar-refractivity contribution is 6.33. The normalized spacial score (nSPS) is 18.9. The summed E-state index contributed by atoms with van der Waals surface area (Å²) in [4.78, 5) is 24.7. The first-order valence-corrected chi connectivity index (χ1v) is 10.8. The summed E-state index contributed by atoms with van der Waals surface area (Å²) < 4.78 is 45.6. The summed E-state index contributed by atoms with van der Waals surface area (Å²) in [6.07, 6.45) is -0.0172. The van der Waals surface area contributed by atoms with Gasteiger partial charge in [-0.1, -0.05) is 11.6 Å². The molecule has 0 saturated heterocycles. The van der Waals surface area contributed by atoms with E-state index in [4.69, 9.17) is 16.3 Å². The molecule has 1 saturated carbocycles. The average molecular weight is 472 g/mol. The molecule has 3 rings (SSSR count). The highest BCUT2D eigenvalue weighted by atomic mass is 35.5. The van der Waals surface area contributed by atoms with Crippen LogP contribution >= 0.6 is 11.6 Å². The first-order valence-electron chi connectivity index (χ1n) is 10.5. The number of hydrogen-bond acceptors (Lipinski definition) is 4. The quantitative estimate of drug-likeness (QED) is 0.600. The maximum atomic E-state index is 13.0. The standard InChI is InChI=1S/C22H25ClF3N3O3/c1-3-32-21(31)19-13(2)11-27-29(19)12-14-4-7-16(8-5-14)28-20(30)17-10-15(22(24,25)26)6-9-18(17)23/h6,9-11,14,16H,3-5,7-8,12H2,1-2H3,(H,28,30). The van der Waals surface area contributed by atoms with Gasteiger partial charge in [0, 0.05) is 18.2 Å². The van der Waals surface area contributed by atoms with Crippen LogP contribution in [0.15, 0.2) is 24.4 Å². The molecule has 1 amide bonds. The third-order valence-corrected chi connectivity index (χ3v) is 5.97. The van der Waals surface area contributed by atoms with Gasteiger partial charge in [0.25, 0.3) is 5.91 Å². The Hall–Kier alpha value is -2.55. The van der Waals surface area contributed by atoms with Gasteiger partial charge in [-0.05, 0) is 63.6 Å². The molecule has 1 aliphatic carbocycles. The van der Waals surface area contributed by atoms with Gasteiger partial charge in [0.1, 0.15) is 5.69 Å². The van der Waals surface area contributed by atoms with Gasteiger partial charge in [-0.25, -0.2) is 4.79 Å². The second-order valence-electron chi connectivity index (χ2n) is 7.96. The number of aryl methyl sites for hydroxylation is 1. The van der Waals surface area contributed by atoms with Crippen LogP contribution in [-0.2, 0) is 17.5 Å². The Labute approximate surface area is 189 Å². The Morgan fingerprint density at radius 3 is 2.56 bits per heavy atom. The van der Waals surface area contributed by atoms with Gasteiger partial charge in [0.2, 0.25) is 0 Å². The van der Waals surface area contributed by atoms with Crippen molar-refractivity contribution in [1.82, 2.24) is 15.1 Å². The van der Waals surface area contributed by atoms with E-state index in [1.807, 2.05) is 0 Å². The molecular weight excluding hydrogens is 447 g/mol. The zero-order chi connectivity index (χ0) is 23.5. The molecule has 1 N–H and O–H groups in total. The number of nitrogens with zero attached hydrogens (tertiary/aromatic N) is 2. The van der Waals surface area contributed by atoms with E-state index in [0.717, 1.165) is 36.6 Å². The van der Waals surface area contributed by atoms with Gasteiger partial charge in [-0.2, -0.15) is 18.3 Å². The number of rotatable bonds is 6. The molecule has 174 valence electrons. The Kier molecular flexibility index (Phi) is 7.48. The number of carbonyl (C=O) groups is 2. The third-order valence-electron chi connectivity index (χ3n) is 5.64. The van der Waals surface area contributed by atoms with Crippen molar-refractivity contribution in [1.29, 1.82) is 0 Å². The van der Waals surface area contributed by atoms with Crippen LogP contribution in [0.4, 0.5) is 13.2 Å². The summed E-state index contributed by atoms with van der Waals surface area (Å²) in [5.74, 6) is -0.758. The van der Waals surface area contributed by atoms with E-state index in [1.54, 1.807) is 24.7 Å². The number of esters is 1. The van der Waals surface area contributed by atoms with Crippen molar-refractivity contribution >= 4 is 23.5 Å². The largest absolute Gasteiger partial charge is 0.461 e. The molecule has 0 bridgehead atoms. The van der Waals surface area contributed by atoms with Crippen molar-refractivity contribution in [2.45, 2.75) is 58.3 Å². The fourth-order valence-electron chi connectivity index (χ4n) is 3.96. The molecule has 0 aliphatic heterocycles. The van der Waals surface area contributed by atoms with Crippen LogP contribution < -0.4 is 5.32 Å². The molecule has 2 aromatic rings. The van der Waals surface area contributed by atoms with Gasteiger partial charge in [0.15, 0.2) is 0 Å². The Bertz CT molecular complexity index is 983. The van der Waals surface area contributed by atoms with Crippen LogP contribution in [0.1, 0.15) is 64.6 Å². The lowest BCUT2D eigenvalue weighted by molar-refractivity contribution is -0.137. The first kappa shape index (κ1) is 24.1. The topological polar surface area (TPSA) is 73.2 Å². The smallest absolute Gasteiger partial charge is 0.416 e. The molecule has 1 aromatic heterocycles. The number of ether oxygens (including phenoxy) is 1. The van der Waals surface area contributed by atoms with Crippen molar-refractivity contribution in [2.24, 2.45) is 5.92 Å². The van der Waals surface area contributed by atoms with Gasteiger partial charge in [-0.15, -0.1) is 0 Å². The van der Waals surface area contributed by atoms with Crippen LogP contribution in [0.2, 0.25) is 5.02 Å². The number of amides is 1. The first-order chi connectivity index (χ1) is 15.1. The van der Waals surface area contributed by atoms with Gasteiger partial charge >= 0.3 is 12.1 Å². The predicted molar refractivity (Wildman–Crippen MR) is 113 cm³/mol. The number of benzene rings is 1. The van der Waals surface area contributed by atoms with Crippen LogP contribution in [0.3, 0.4) is 0 Å². The number of carbonyl (C=O) groups excluding carboxylic acids is 2. The number of aromatic nitrogens is 2. The van der Waals surface area contributed by atoms with Crippen LogP contribution in [0.25, 0.3) is 0 Å². The van der Waals surface area contributed by atoms with Gasteiger partial charge < -0.3 is 10.1 Å². The van der Waals surface area contributed by atoms with Gasteiger partial charge in [0.05, 0.1) is 29.0 Å². The Balaban J connectivity index is 1.58. The van der Waals surface area contributed by atoms with E-state index in [1.165, 1.54) is 0 Å². The van der Waals surface area contributed by atoms with E-state index in [0.29, 0.717) is 25.1 Å². The van der Waals surface area contributed by atoms with Crippen molar-refractivity contribution in [2.75, 3.05) is 6.61 Å². The van der Waals surface area contributed by atoms with Crippen LogP contribution in [-0.4, -0.2) is 34.3 Å².